The number of carbonyl (C=O) groups is 3. The monoisotopic (exact) mass is 452 g/mol. The van der Waals surface area contributed by atoms with Crippen molar-refractivity contribution in [3.63, 3.8) is 0 Å². The Labute approximate surface area is 188 Å². The maximum Gasteiger partial charge on any atom is 0.248 e. The van der Waals surface area contributed by atoms with Gasteiger partial charge in [-0.25, -0.2) is 11.3 Å². The third kappa shape index (κ3) is 6.96. The van der Waals surface area contributed by atoms with Gasteiger partial charge in [-0.3, -0.25) is 25.0 Å². The Morgan fingerprint density at radius 2 is 1.81 bits per heavy atom. The van der Waals surface area contributed by atoms with Crippen LogP contribution in [0.15, 0.2) is 23.6 Å². The quantitative estimate of drug-likeness (QED) is 0.142. The number of ketones is 1. The number of nitrogens with one attached hydrogen (secondary N) is 2. The van der Waals surface area contributed by atoms with Crippen molar-refractivity contribution < 1.29 is 19.6 Å². The lowest BCUT2D eigenvalue weighted by Gasteiger charge is -2.42. The van der Waals surface area contributed by atoms with Gasteiger partial charge < -0.3 is 5.73 Å². The number of hydrogen-bond acceptors (Lipinski definition) is 7. The molecule has 2 amide bonds. The van der Waals surface area contributed by atoms with Gasteiger partial charge in [-0.2, -0.15) is 0 Å². The lowest BCUT2D eigenvalue weighted by Crippen LogP contribution is -2.56. The molecular formula is C22H36N4O4S. The van der Waals surface area contributed by atoms with E-state index in [0.717, 1.165) is 4.88 Å². The van der Waals surface area contributed by atoms with Gasteiger partial charge in [-0.15, -0.1) is 11.3 Å². The highest BCUT2D eigenvalue weighted by Crippen LogP contribution is 2.45. The highest BCUT2D eigenvalue weighted by molar-refractivity contribution is 7.10. The number of hydroxylamine groups is 1. The van der Waals surface area contributed by atoms with Crippen LogP contribution in [-0.4, -0.2) is 28.8 Å². The predicted octanol–water partition coefficient (Wildman–Crippen LogP) is 2.48. The fraction of sp³-hybridized carbons (Fsp3) is 0.591. The average Bonchev–Trinajstić information content (AvgIpc) is 3.22. The zero-order valence-corrected chi connectivity index (χ0v) is 19.7. The number of amides is 2. The number of thiophene rings is 1. The zero-order chi connectivity index (χ0) is 23.8. The number of carbonyl (C=O) groups excluding carboxylic acids is 3. The van der Waals surface area contributed by atoms with Gasteiger partial charge in [0.05, 0.1) is 23.3 Å². The van der Waals surface area contributed by atoms with Crippen molar-refractivity contribution in [3.8, 4) is 0 Å². The van der Waals surface area contributed by atoms with E-state index < -0.39 is 35.1 Å². The number of allylic oxidation sites excluding steroid dienone is 1. The Hall–Kier alpha value is -2.07. The first-order valence-corrected chi connectivity index (χ1v) is 11.3. The number of hydrazine groups is 1. The van der Waals surface area contributed by atoms with Crippen LogP contribution in [0.1, 0.15) is 52.3 Å². The first-order chi connectivity index (χ1) is 14.5. The Morgan fingerprint density at radius 1 is 1.16 bits per heavy atom. The molecule has 0 bridgehead atoms. The van der Waals surface area contributed by atoms with Crippen molar-refractivity contribution in [2.45, 2.75) is 53.5 Å². The molecule has 7 N–H and O–H groups in total. The SMILES string of the molecule is CC(C)C[C@@H](C(=O)NN)C(C(=O)NO)C(/C=C/c1cccs1)(CC(C)C)C(=O)[C@@H](C)N. The van der Waals surface area contributed by atoms with Gasteiger partial charge in [0.1, 0.15) is 0 Å². The van der Waals surface area contributed by atoms with Gasteiger partial charge in [0.25, 0.3) is 0 Å². The molecule has 0 saturated carbocycles. The first-order valence-electron chi connectivity index (χ1n) is 10.5. The first kappa shape index (κ1) is 27.0. The molecule has 0 aromatic carbocycles. The summed E-state index contributed by atoms with van der Waals surface area (Å²) in [7, 11) is 0. The van der Waals surface area contributed by atoms with Crippen LogP contribution in [0.4, 0.5) is 0 Å². The van der Waals surface area contributed by atoms with Gasteiger partial charge in [0.15, 0.2) is 5.78 Å². The Balaban J connectivity index is 3.85. The van der Waals surface area contributed by atoms with E-state index in [4.69, 9.17) is 11.6 Å². The summed E-state index contributed by atoms with van der Waals surface area (Å²) in [4.78, 5) is 40.4. The summed E-state index contributed by atoms with van der Waals surface area (Å²) in [6.07, 6.45) is 4.01. The minimum Gasteiger partial charge on any atom is -0.322 e. The van der Waals surface area contributed by atoms with Crippen molar-refractivity contribution >= 4 is 35.0 Å². The second-order valence-electron chi connectivity index (χ2n) is 8.84. The summed E-state index contributed by atoms with van der Waals surface area (Å²) in [6.45, 7) is 9.23. The van der Waals surface area contributed by atoms with E-state index in [0.29, 0.717) is 6.42 Å². The lowest BCUT2D eigenvalue weighted by molar-refractivity contribution is -0.151. The molecular weight excluding hydrogens is 416 g/mol. The molecule has 1 rings (SSSR count). The van der Waals surface area contributed by atoms with Crippen LogP contribution in [0.2, 0.25) is 0 Å². The number of nitrogens with two attached hydrogens (primary N) is 2. The minimum absolute atomic E-state index is 0.00897. The second-order valence-corrected chi connectivity index (χ2v) is 9.82. The molecule has 0 spiro atoms. The predicted molar refractivity (Wildman–Crippen MR) is 123 cm³/mol. The molecule has 0 radical (unpaired) electrons. The van der Waals surface area contributed by atoms with E-state index in [1.165, 1.54) is 11.3 Å². The molecule has 4 atom stereocenters. The van der Waals surface area contributed by atoms with Gasteiger partial charge in [0, 0.05) is 4.88 Å². The van der Waals surface area contributed by atoms with Crippen molar-refractivity contribution in [2.24, 2.45) is 40.7 Å². The highest BCUT2D eigenvalue weighted by atomic mass is 32.1. The van der Waals surface area contributed by atoms with Crippen LogP contribution in [0.25, 0.3) is 6.08 Å². The molecule has 2 unspecified atom stereocenters. The fourth-order valence-corrected chi connectivity index (χ4v) is 4.82. The summed E-state index contributed by atoms with van der Waals surface area (Å²) in [6, 6.07) is 2.88. The lowest BCUT2D eigenvalue weighted by atomic mass is 9.60. The maximum atomic E-state index is 13.6. The van der Waals surface area contributed by atoms with Crippen LogP contribution < -0.4 is 22.5 Å². The smallest absolute Gasteiger partial charge is 0.248 e. The topological polar surface area (TPSA) is 148 Å². The third-order valence-electron chi connectivity index (χ3n) is 5.26. The molecule has 174 valence electrons. The number of Topliss-reactive ketones (excluding diaryl/α,β-unsaturated/α-hetero) is 1. The van der Waals surface area contributed by atoms with Crippen molar-refractivity contribution in [3.05, 3.63) is 28.5 Å². The van der Waals surface area contributed by atoms with Crippen molar-refractivity contribution in [1.82, 2.24) is 10.9 Å². The molecule has 31 heavy (non-hydrogen) atoms. The van der Waals surface area contributed by atoms with E-state index in [-0.39, 0.29) is 24.0 Å². The maximum absolute atomic E-state index is 13.6. The van der Waals surface area contributed by atoms with E-state index in [9.17, 15) is 19.6 Å². The second kappa shape index (κ2) is 12.1. The molecule has 1 heterocycles. The van der Waals surface area contributed by atoms with Gasteiger partial charge in [-0.05, 0) is 49.1 Å². The molecule has 1 aromatic heterocycles. The average molecular weight is 453 g/mol. The molecule has 9 heteroatoms. The summed E-state index contributed by atoms with van der Waals surface area (Å²) in [5.41, 5.74) is 8.42. The molecule has 1 aromatic rings. The van der Waals surface area contributed by atoms with E-state index in [1.54, 1.807) is 24.6 Å². The van der Waals surface area contributed by atoms with Crippen LogP contribution >= 0.6 is 11.3 Å². The third-order valence-corrected chi connectivity index (χ3v) is 6.10. The van der Waals surface area contributed by atoms with Crippen molar-refractivity contribution in [1.29, 1.82) is 0 Å². The normalized spacial score (nSPS) is 16.7. The molecule has 0 aliphatic heterocycles. The fourth-order valence-electron chi connectivity index (χ4n) is 4.21. The molecule has 0 aliphatic carbocycles. The van der Waals surface area contributed by atoms with E-state index >= 15 is 0 Å². The molecule has 8 nitrogen and oxygen atoms in total. The summed E-state index contributed by atoms with van der Waals surface area (Å²) >= 11 is 1.48. The van der Waals surface area contributed by atoms with Crippen molar-refractivity contribution in [2.75, 3.05) is 0 Å². The number of rotatable bonds is 12. The summed E-state index contributed by atoms with van der Waals surface area (Å²) in [5.74, 6) is 1.53. The van der Waals surface area contributed by atoms with Crippen LogP contribution in [0, 0.1) is 29.1 Å². The standard InChI is InChI=1S/C22H36N4O4S/c1-13(2)11-17(20(28)25-24)18(21(29)26-30)22(12-14(3)4,19(27)15(5)23)9-8-16-7-6-10-31-16/h6-10,13-15,17-18,30H,11-12,23-24H2,1-5H3,(H,25,28)(H,26,29)/b9-8+/t15-,17-,18?,22?/m1/s1. The van der Waals surface area contributed by atoms with E-state index in [2.05, 4.69) is 5.43 Å². The zero-order valence-electron chi connectivity index (χ0n) is 18.9. The number of hydrogen-bond donors (Lipinski definition) is 5. The van der Waals surface area contributed by atoms with Crippen LogP contribution in [0.3, 0.4) is 0 Å². The molecule has 0 saturated heterocycles. The van der Waals surface area contributed by atoms with Crippen LogP contribution in [-0.2, 0) is 14.4 Å². The molecule has 0 fully saturated rings. The Kier molecular flexibility index (Phi) is 10.5. The summed E-state index contributed by atoms with van der Waals surface area (Å²) in [5, 5.41) is 11.5. The Bertz CT molecular complexity index is 762. The molecule has 0 aliphatic rings. The largest absolute Gasteiger partial charge is 0.322 e. The Morgan fingerprint density at radius 3 is 2.23 bits per heavy atom. The van der Waals surface area contributed by atoms with Gasteiger partial charge in [-0.1, -0.05) is 39.8 Å². The van der Waals surface area contributed by atoms with Gasteiger partial charge >= 0.3 is 0 Å². The van der Waals surface area contributed by atoms with Crippen LogP contribution in [0.5, 0.6) is 0 Å². The minimum atomic E-state index is -1.43. The highest BCUT2D eigenvalue weighted by Gasteiger charge is 2.53. The van der Waals surface area contributed by atoms with E-state index in [1.807, 2.05) is 45.2 Å². The van der Waals surface area contributed by atoms with Gasteiger partial charge in [0.2, 0.25) is 11.8 Å². The summed E-state index contributed by atoms with van der Waals surface area (Å²) < 4.78 is 0.